The average Bonchev–Trinajstić information content (AvgIpc) is 2.46. The summed E-state index contributed by atoms with van der Waals surface area (Å²) < 4.78 is 0. The van der Waals surface area contributed by atoms with Gasteiger partial charge in [-0.2, -0.15) is 0 Å². The molecule has 0 saturated heterocycles. The van der Waals surface area contributed by atoms with E-state index in [2.05, 4.69) is 5.32 Å². The molecule has 1 radical (unpaired) electrons. The third-order valence-corrected chi connectivity index (χ3v) is 2.03. The van der Waals surface area contributed by atoms with Crippen LogP contribution >= 0.6 is 0 Å². The van der Waals surface area contributed by atoms with Crippen molar-refractivity contribution in [3.05, 3.63) is 29.8 Å². The Balaban J connectivity index is 2.27. The molecule has 0 bridgehead atoms. The van der Waals surface area contributed by atoms with Gasteiger partial charge in [-0.1, -0.05) is 18.2 Å². The summed E-state index contributed by atoms with van der Waals surface area (Å²) in [5.74, 6) is -0.341. The van der Waals surface area contributed by atoms with Gasteiger partial charge in [-0.15, -0.1) is 0 Å². The zero-order valence-corrected chi connectivity index (χ0v) is 6.53. The van der Waals surface area contributed by atoms with Crippen molar-refractivity contribution in [2.24, 2.45) is 5.73 Å². The van der Waals surface area contributed by atoms with Crippen LogP contribution in [0, 0.1) is 0 Å². The van der Waals surface area contributed by atoms with Crippen LogP contribution in [0.5, 0.6) is 0 Å². The van der Waals surface area contributed by atoms with Gasteiger partial charge in [0.2, 0.25) is 5.91 Å². The molecule has 1 amide bonds. The highest BCUT2D eigenvalue weighted by atomic mass is 16.1. The molecule has 1 atom stereocenters. The average molecular weight is 161 g/mol. The predicted molar refractivity (Wildman–Crippen MR) is 44.9 cm³/mol. The number of hydrogen-bond acceptors (Lipinski definition) is 1. The summed E-state index contributed by atoms with van der Waals surface area (Å²) in [5.41, 5.74) is 7.16. The number of nitrogens with zero attached hydrogens (tertiary/aromatic N) is 1. The second kappa shape index (κ2) is 2.52. The molecule has 2 N–H and O–H groups in total. The van der Waals surface area contributed by atoms with Crippen LogP contribution in [-0.2, 0) is 11.2 Å². The number of rotatable bonds is 1. The van der Waals surface area contributed by atoms with Crippen LogP contribution in [0.1, 0.15) is 5.56 Å². The number of benzene rings is 1. The zero-order valence-electron chi connectivity index (χ0n) is 6.53. The number of nitrogens with two attached hydrogens (primary N) is 1. The zero-order chi connectivity index (χ0) is 8.55. The molecule has 0 saturated carbocycles. The van der Waals surface area contributed by atoms with Crippen molar-refractivity contribution >= 4 is 11.6 Å². The van der Waals surface area contributed by atoms with Crippen molar-refractivity contribution in [3.8, 4) is 0 Å². The first-order chi connectivity index (χ1) is 5.77. The van der Waals surface area contributed by atoms with Crippen molar-refractivity contribution in [2.45, 2.75) is 12.5 Å². The SMILES string of the molecule is NC(=O)C1Cc2ccccc2[N]1. The summed E-state index contributed by atoms with van der Waals surface area (Å²) in [5, 5.41) is 4.18. The second-order valence-electron chi connectivity index (χ2n) is 2.88. The molecular weight excluding hydrogens is 152 g/mol. The van der Waals surface area contributed by atoms with E-state index in [1.54, 1.807) is 0 Å². The van der Waals surface area contributed by atoms with Crippen LogP contribution in [0.4, 0.5) is 5.69 Å². The Bertz CT molecular complexity index is 297. The minimum absolute atomic E-state index is 0.341. The molecule has 0 fully saturated rings. The van der Waals surface area contributed by atoms with Gasteiger partial charge < -0.3 is 5.73 Å². The Morgan fingerprint density at radius 3 is 2.92 bits per heavy atom. The summed E-state index contributed by atoms with van der Waals surface area (Å²) in [7, 11) is 0. The van der Waals surface area contributed by atoms with Gasteiger partial charge in [-0.25, -0.2) is 0 Å². The van der Waals surface area contributed by atoms with E-state index in [9.17, 15) is 4.79 Å². The van der Waals surface area contributed by atoms with Crippen LogP contribution in [0.15, 0.2) is 24.3 Å². The number of carbonyl (C=O) groups is 1. The fraction of sp³-hybridized carbons (Fsp3) is 0.222. The molecule has 0 aliphatic carbocycles. The summed E-state index contributed by atoms with van der Waals surface area (Å²) in [6.07, 6.45) is 0.658. The number of hydrogen-bond donors (Lipinski definition) is 1. The van der Waals surface area contributed by atoms with Crippen LogP contribution in [0.2, 0.25) is 0 Å². The van der Waals surface area contributed by atoms with Crippen molar-refractivity contribution in [1.29, 1.82) is 0 Å². The molecule has 61 valence electrons. The minimum atomic E-state index is -0.345. The van der Waals surface area contributed by atoms with Gasteiger partial charge in [0.05, 0.1) is 5.69 Å². The first kappa shape index (κ1) is 7.16. The summed E-state index contributed by atoms with van der Waals surface area (Å²) >= 11 is 0. The van der Waals surface area contributed by atoms with E-state index in [-0.39, 0.29) is 11.9 Å². The molecular formula is C9H9N2O. The maximum Gasteiger partial charge on any atom is 0.242 e. The topological polar surface area (TPSA) is 57.2 Å². The summed E-state index contributed by atoms with van der Waals surface area (Å²) in [6, 6.07) is 7.38. The maximum absolute atomic E-state index is 10.8. The fourth-order valence-corrected chi connectivity index (χ4v) is 1.40. The van der Waals surface area contributed by atoms with Crippen molar-refractivity contribution in [3.63, 3.8) is 0 Å². The highest BCUT2D eigenvalue weighted by Gasteiger charge is 2.25. The van der Waals surface area contributed by atoms with Gasteiger partial charge in [-0.3, -0.25) is 10.1 Å². The third-order valence-electron chi connectivity index (χ3n) is 2.03. The highest BCUT2D eigenvalue weighted by molar-refractivity contribution is 5.82. The molecule has 1 aliphatic rings. The van der Waals surface area contributed by atoms with Gasteiger partial charge in [0.15, 0.2) is 0 Å². The molecule has 2 rings (SSSR count). The lowest BCUT2D eigenvalue weighted by atomic mass is 10.1. The predicted octanol–water partition coefficient (Wildman–Crippen LogP) is 0.332. The van der Waals surface area contributed by atoms with E-state index in [4.69, 9.17) is 5.73 Å². The van der Waals surface area contributed by atoms with E-state index in [1.807, 2.05) is 24.3 Å². The largest absolute Gasteiger partial charge is 0.368 e. The van der Waals surface area contributed by atoms with Crippen LogP contribution < -0.4 is 11.1 Å². The maximum atomic E-state index is 10.8. The second-order valence-corrected chi connectivity index (χ2v) is 2.88. The third kappa shape index (κ3) is 1.03. The smallest absolute Gasteiger partial charge is 0.242 e. The molecule has 0 spiro atoms. The van der Waals surface area contributed by atoms with Gasteiger partial charge >= 0.3 is 0 Å². The van der Waals surface area contributed by atoms with E-state index < -0.39 is 0 Å². The lowest BCUT2D eigenvalue weighted by Gasteiger charge is -2.00. The Hall–Kier alpha value is -1.51. The molecule has 12 heavy (non-hydrogen) atoms. The number of para-hydroxylation sites is 1. The van der Waals surface area contributed by atoms with Crippen molar-refractivity contribution in [2.75, 3.05) is 0 Å². The van der Waals surface area contributed by atoms with E-state index in [0.29, 0.717) is 6.42 Å². The normalized spacial score (nSPS) is 19.8. The van der Waals surface area contributed by atoms with Crippen LogP contribution in [-0.4, -0.2) is 11.9 Å². The van der Waals surface area contributed by atoms with Gasteiger partial charge in [0.25, 0.3) is 0 Å². The lowest BCUT2D eigenvalue weighted by molar-refractivity contribution is -0.119. The Morgan fingerprint density at radius 2 is 2.25 bits per heavy atom. The molecule has 0 aromatic heterocycles. The Labute approximate surface area is 70.6 Å². The lowest BCUT2D eigenvalue weighted by Crippen LogP contribution is -2.32. The Kier molecular flexibility index (Phi) is 1.50. The fourth-order valence-electron chi connectivity index (χ4n) is 1.40. The molecule has 1 aromatic carbocycles. The quantitative estimate of drug-likeness (QED) is 0.634. The van der Waals surface area contributed by atoms with E-state index in [1.165, 1.54) is 0 Å². The number of primary amides is 1. The molecule has 3 heteroatoms. The van der Waals surface area contributed by atoms with E-state index >= 15 is 0 Å². The van der Waals surface area contributed by atoms with E-state index in [0.717, 1.165) is 11.3 Å². The standard InChI is InChI=1S/C9H9N2O/c10-9(12)8-5-6-3-1-2-4-7(6)11-8/h1-4,8H,5H2,(H2,10,12). The first-order valence-corrected chi connectivity index (χ1v) is 3.85. The van der Waals surface area contributed by atoms with Gasteiger partial charge in [0, 0.05) is 6.42 Å². The number of amides is 1. The van der Waals surface area contributed by atoms with Gasteiger partial charge in [0.1, 0.15) is 6.04 Å². The van der Waals surface area contributed by atoms with Crippen molar-refractivity contribution in [1.82, 2.24) is 5.32 Å². The molecule has 1 aliphatic heterocycles. The molecule has 1 heterocycles. The summed E-state index contributed by atoms with van der Waals surface area (Å²) in [6.45, 7) is 0. The van der Waals surface area contributed by atoms with Gasteiger partial charge in [-0.05, 0) is 11.6 Å². The first-order valence-electron chi connectivity index (χ1n) is 3.85. The number of carbonyl (C=O) groups excluding carboxylic acids is 1. The number of fused-ring (bicyclic) bond motifs is 1. The minimum Gasteiger partial charge on any atom is -0.368 e. The highest BCUT2D eigenvalue weighted by Crippen LogP contribution is 2.24. The molecule has 3 nitrogen and oxygen atoms in total. The Morgan fingerprint density at radius 1 is 1.50 bits per heavy atom. The van der Waals surface area contributed by atoms with Crippen molar-refractivity contribution < 1.29 is 4.79 Å². The van der Waals surface area contributed by atoms with Crippen LogP contribution in [0.3, 0.4) is 0 Å². The molecule has 1 unspecified atom stereocenters. The van der Waals surface area contributed by atoms with Crippen LogP contribution in [0.25, 0.3) is 0 Å². The summed E-state index contributed by atoms with van der Waals surface area (Å²) in [4.78, 5) is 10.8. The monoisotopic (exact) mass is 161 g/mol. The molecule has 1 aromatic rings.